The van der Waals surface area contributed by atoms with Gasteiger partial charge in [0, 0.05) is 12.0 Å². The smallest absolute Gasteiger partial charge is 0.225 e. The van der Waals surface area contributed by atoms with Crippen LogP contribution in [-0.2, 0) is 37.1 Å². The normalized spacial score (nSPS) is 26.6. The van der Waals surface area contributed by atoms with E-state index < -0.39 is 0 Å². The molecule has 0 spiro atoms. The van der Waals surface area contributed by atoms with Gasteiger partial charge in [-0.05, 0) is 104 Å². The predicted molar refractivity (Wildman–Crippen MR) is 149 cm³/mol. The fourth-order valence-corrected chi connectivity index (χ4v) is 8.51. The van der Waals surface area contributed by atoms with Crippen LogP contribution >= 0.6 is 0 Å². The van der Waals surface area contributed by atoms with E-state index in [0.717, 1.165) is 71.6 Å². The Bertz CT molecular complexity index is 1330. The minimum atomic E-state index is 0.0127. The van der Waals surface area contributed by atoms with Crippen molar-refractivity contribution in [2.75, 3.05) is 5.32 Å². The topological polar surface area (TPSA) is 75.1 Å². The van der Waals surface area contributed by atoms with Crippen molar-refractivity contribution in [2.45, 2.75) is 77.2 Å². The molecule has 5 aliphatic rings. The van der Waals surface area contributed by atoms with Crippen LogP contribution < -0.4 is 5.32 Å². The maximum Gasteiger partial charge on any atom is 0.225 e. The first-order chi connectivity index (χ1) is 18.6. The second-order valence-corrected chi connectivity index (χ2v) is 12.6. The first-order valence-corrected chi connectivity index (χ1v) is 14.5. The van der Waals surface area contributed by atoms with E-state index in [4.69, 9.17) is 9.97 Å². The maximum atomic E-state index is 13.1. The molecule has 8 rings (SSSR count). The number of benzene rings is 2. The van der Waals surface area contributed by atoms with Gasteiger partial charge in [0.25, 0.3) is 0 Å². The standard InChI is InChI=1S/C33H37N3O2/c37-20-22-6-9-27-26(15-22)8-10-28-31(27)34-29(19-33-16-23-12-24(17-33)14-25(13-23)18-33)32(35-28)36-30(38)11-7-21-4-2-1-3-5-21/h1-6,9,15,23-25,37H,7-8,10-14,16-20H2,(H,35,36,38). The lowest BCUT2D eigenvalue weighted by Gasteiger charge is -2.57. The molecule has 0 saturated heterocycles. The van der Waals surface area contributed by atoms with Gasteiger partial charge in [0.05, 0.1) is 23.7 Å². The number of aryl methyl sites for hydroxylation is 3. The van der Waals surface area contributed by atoms with E-state index >= 15 is 0 Å². The van der Waals surface area contributed by atoms with Gasteiger partial charge in [-0.3, -0.25) is 4.79 Å². The van der Waals surface area contributed by atoms with Gasteiger partial charge in [0.2, 0.25) is 5.91 Å². The number of rotatable bonds is 7. The average Bonchev–Trinajstić information content (AvgIpc) is 2.91. The Balaban J connectivity index is 1.21. The van der Waals surface area contributed by atoms with Crippen molar-refractivity contribution >= 4 is 11.7 Å². The van der Waals surface area contributed by atoms with Crippen LogP contribution in [0.15, 0.2) is 48.5 Å². The van der Waals surface area contributed by atoms with Crippen LogP contribution in [0.2, 0.25) is 0 Å². The van der Waals surface area contributed by atoms with Crippen LogP contribution in [0.1, 0.15) is 73.0 Å². The number of hydrogen-bond acceptors (Lipinski definition) is 4. The number of anilines is 1. The van der Waals surface area contributed by atoms with E-state index in [9.17, 15) is 9.90 Å². The zero-order chi connectivity index (χ0) is 25.7. The molecule has 2 aromatic carbocycles. The Morgan fingerprint density at radius 1 is 0.921 bits per heavy atom. The van der Waals surface area contributed by atoms with E-state index in [1.165, 1.54) is 49.7 Å². The maximum absolute atomic E-state index is 13.1. The zero-order valence-electron chi connectivity index (χ0n) is 22.1. The van der Waals surface area contributed by atoms with Gasteiger partial charge in [0.15, 0.2) is 5.82 Å². The molecule has 4 fully saturated rings. The summed E-state index contributed by atoms with van der Waals surface area (Å²) in [6, 6.07) is 16.4. The molecule has 4 saturated carbocycles. The molecule has 3 aromatic rings. The Morgan fingerprint density at radius 3 is 2.37 bits per heavy atom. The van der Waals surface area contributed by atoms with Crippen molar-refractivity contribution in [3.05, 3.63) is 76.6 Å². The molecule has 38 heavy (non-hydrogen) atoms. The number of nitrogens with zero attached hydrogens (tertiary/aromatic N) is 2. The molecular weight excluding hydrogens is 470 g/mol. The van der Waals surface area contributed by atoms with Gasteiger partial charge in [-0.15, -0.1) is 0 Å². The largest absolute Gasteiger partial charge is 0.392 e. The first-order valence-electron chi connectivity index (χ1n) is 14.5. The third kappa shape index (κ3) is 4.55. The van der Waals surface area contributed by atoms with E-state index in [-0.39, 0.29) is 12.5 Å². The summed E-state index contributed by atoms with van der Waals surface area (Å²) in [5.41, 5.74) is 7.70. The highest BCUT2D eigenvalue weighted by molar-refractivity contribution is 5.90. The molecule has 196 valence electrons. The number of carbonyl (C=O) groups is 1. The van der Waals surface area contributed by atoms with Crippen LogP contribution in [0, 0.1) is 23.2 Å². The lowest BCUT2D eigenvalue weighted by atomic mass is 9.48. The SMILES string of the molecule is O=C(CCc1ccccc1)Nc1nc2c(nc1CC13CC4CC(CC(C4)C1)C3)-c1ccc(CO)cc1CC2. The van der Waals surface area contributed by atoms with E-state index in [1.54, 1.807) is 0 Å². The van der Waals surface area contributed by atoms with Crippen molar-refractivity contribution in [2.24, 2.45) is 23.2 Å². The van der Waals surface area contributed by atoms with Crippen molar-refractivity contribution < 1.29 is 9.90 Å². The highest BCUT2D eigenvalue weighted by Crippen LogP contribution is 2.61. The molecule has 5 heteroatoms. The Morgan fingerprint density at radius 2 is 1.66 bits per heavy atom. The quantitative estimate of drug-likeness (QED) is 0.407. The Hall–Kier alpha value is -3.05. The van der Waals surface area contributed by atoms with Crippen molar-refractivity contribution in [1.82, 2.24) is 9.97 Å². The number of aromatic nitrogens is 2. The summed E-state index contributed by atoms with van der Waals surface area (Å²) in [4.78, 5) is 23.6. The monoisotopic (exact) mass is 507 g/mol. The van der Waals surface area contributed by atoms with Crippen LogP contribution in [0.25, 0.3) is 11.3 Å². The first kappa shape index (κ1) is 24.0. The fraction of sp³-hybridized carbons (Fsp3) is 0.485. The zero-order valence-corrected chi connectivity index (χ0v) is 22.1. The molecular formula is C33H37N3O2. The molecule has 5 aliphatic carbocycles. The van der Waals surface area contributed by atoms with Crippen LogP contribution in [0.5, 0.6) is 0 Å². The Labute approximate surface area is 225 Å². The molecule has 0 radical (unpaired) electrons. The van der Waals surface area contributed by atoms with Gasteiger partial charge in [-0.25, -0.2) is 9.97 Å². The number of nitrogens with one attached hydrogen (secondary N) is 1. The van der Waals surface area contributed by atoms with Gasteiger partial charge in [-0.1, -0.05) is 48.5 Å². The summed E-state index contributed by atoms with van der Waals surface area (Å²) in [5, 5.41) is 12.8. The number of aliphatic hydroxyl groups excluding tert-OH is 1. The van der Waals surface area contributed by atoms with Gasteiger partial charge >= 0.3 is 0 Å². The van der Waals surface area contributed by atoms with Crippen LogP contribution in [0.3, 0.4) is 0 Å². The summed E-state index contributed by atoms with van der Waals surface area (Å²) in [6.07, 6.45) is 11.9. The number of fused-ring (bicyclic) bond motifs is 3. The molecule has 1 amide bonds. The minimum Gasteiger partial charge on any atom is -0.392 e. The van der Waals surface area contributed by atoms with E-state index in [2.05, 4.69) is 29.6 Å². The van der Waals surface area contributed by atoms with Crippen molar-refractivity contribution in [1.29, 1.82) is 0 Å². The predicted octanol–water partition coefficient (Wildman–Crippen LogP) is 6.06. The molecule has 1 heterocycles. The molecule has 1 aromatic heterocycles. The summed E-state index contributed by atoms with van der Waals surface area (Å²) >= 11 is 0. The van der Waals surface area contributed by atoms with Gasteiger partial charge < -0.3 is 10.4 Å². The molecule has 0 atom stereocenters. The summed E-state index contributed by atoms with van der Waals surface area (Å²) in [5.74, 6) is 3.31. The number of aliphatic hydroxyl groups is 1. The van der Waals surface area contributed by atoms with Crippen LogP contribution in [-0.4, -0.2) is 21.0 Å². The van der Waals surface area contributed by atoms with Crippen LogP contribution in [0.4, 0.5) is 5.82 Å². The summed E-state index contributed by atoms with van der Waals surface area (Å²) < 4.78 is 0. The summed E-state index contributed by atoms with van der Waals surface area (Å²) in [6.45, 7) is 0.0526. The summed E-state index contributed by atoms with van der Waals surface area (Å²) in [7, 11) is 0. The van der Waals surface area contributed by atoms with Gasteiger partial charge in [-0.2, -0.15) is 0 Å². The number of carbonyl (C=O) groups excluding carboxylic acids is 1. The molecule has 0 unspecified atom stereocenters. The lowest BCUT2D eigenvalue weighted by Crippen LogP contribution is -2.47. The molecule has 5 nitrogen and oxygen atoms in total. The second-order valence-electron chi connectivity index (χ2n) is 12.6. The fourth-order valence-electron chi connectivity index (χ4n) is 8.51. The van der Waals surface area contributed by atoms with E-state index in [0.29, 0.717) is 17.7 Å². The molecule has 2 N–H and O–H groups in total. The van der Waals surface area contributed by atoms with Crippen molar-refractivity contribution in [3.63, 3.8) is 0 Å². The van der Waals surface area contributed by atoms with Gasteiger partial charge in [0.1, 0.15) is 0 Å². The number of amides is 1. The third-order valence-electron chi connectivity index (χ3n) is 9.73. The number of hydrogen-bond donors (Lipinski definition) is 2. The highest BCUT2D eigenvalue weighted by Gasteiger charge is 2.51. The second kappa shape index (κ2) is 9.60. The third-order valence-corrected chi connectivity index (χ3v) is 9.73. The van der Waals surface area contributed by atoms with Crippen molar-refractivity contribution in [3.8, 4) is 11.3 Å². The average molecular weight is 508 g/mol. The lowest BCUT2D eigenvalue weighted by molar-refractivity contribution is -0.116. The molecule has 0 aliphatic heterocycles. The van der Waals surface area contributed by atoms with E-state index in [1.807, 2.05) is 24.3 Å². The minimum absolute atomic E-state index is 0.0127. The highest BCUT2D eigenvalue weighted by atomic mass is 16.3. The Kier molecular flexibility index (Phi) is 6.07. The molecule has 4 bridgehead atoms.